The highest BCUT2D eigenvalue weighted by Crippen LogP contribution is 2.32. The van der Waals surface area contributed by atoms with Crippen LogP contribution in [0.4, 0.5) is 0 Å². The third-order valence-electron chi connectivity index (χ3n) is 3.40. The van der Waals surface area contributed by atoms with Gasteiger partial charge >= 0.3 is 0 Å². The lowest BCUT2D eigenvalue weighted by molar-refractivity contribution is 0.0367. The van der Waals surface area contributed by atoms with Crippen LogP contribution in [-0.4, -0.2) is 10.7 Å². The molecule has 0 radical (unpaired) electrons. The maximum absolute atomic E-state index is 10.3. The van der Waals surface area contributed by atoms with Crippen molar-refractivity contribution in [2.45, 2.75) is 70.8 Å². The number of unbranched alkanes of at least 4 members (excludes halogenated alkanes) is 2. The van der Waals surface area contributed by atoms with Gasteiger partial charge < -0.3 is 5.11 Å². The van der Waals surface area contributed by atoms with Crippen LogP contribution < -0.4 is 0 Å². The molecule has 0 heterocycles. The fraction of sp³-hybridized carbons (Fsp3) is 0.857. The monoisotopic (exact) mass is 208 g/mol. The molecule has 0 amide bonds. The van der Waals surface area contributed by atoms with E-state index in [1.54, 1.807) is 0 Å². The first-order chi connectivity index (χ1) is 7.17. The third kappa shape index (κ3) is 4.26. The third-order valence-corrected chi connectivity index (χ3v) is 3.40. The molecule has 15 heavy (non-hydrogen) atoms. The topological polar surface area (TPSA) is 20.2 Å². The molecule has 0 aromatic heterocycles. The second-order valence-electron chi connectivity index (χ2n) is 4.89. The quantitative estimate of drug-likeness (QED) is 0.556. The highest BCUT2D eigenvalue weighted by atomic mass is 16.3. The Kier molecular flexibility index (Phi) is 5.19. The summed E-state index contributed by atoms with van der Waals surface area (Å²) in [5, 5.41) is 10.3. The Labute approximate surface area is 94.3 Å². The van der Waals surface area contributed by atoms with E-state index in [-0.39, 0.29) is 0 Å². The standard InChI is InChI=1S/C14H24O/c1-3-4-5-9-12-14(2,15)13-10-7-6-8-11-13/h13,15H,3-8,10-11H2,1-2H3. The van der Waals surface area contributed by atoms with Gasteiger partial charge in [-0.2, -0.15) is 0 Å². The first-order valence-corrected chi connectivity index (χ1v) is 6.39. The molecular formula is C14H24O. The number of hydrogen-bond acceptors (Lipinski definition) is 1. The number of hydrogen-bond donors (Lipinski definition) is 1. The van der Waals surface area contributed by atoms with Crippen LogP contribution >= 0.6 is 0 Å². The lowest BCUT2D eigenvalue weighted by atomic mass is 9.78. The molecule has 1 saturated carbocycles. The van der Waals surface area contributed by atoms with Crippen LogP contribution in [0, 0.1) is 17.8 Å². The van der Waals surface area contributed by atoms with Crippen LogP contribution in [0.3, 0.4) is 0 Å². The molecule has 1 aliphatic rings. The summed E-state index contributed by atoms with van der Waals surface area (Å²) in [6.45, 7) is 4.06. The molecule has 1 unspecified atom stereocenters. The minimum absolute atomic E-state index is 0.403. The summed E-state index contributed by atoms with van der Waals surface area (Å²) in [7, 11) is 0. The van der Waals surface area contributed by atoms with Crippen molar-refractivity contribution in [3.63, 3.8) is 0 Å². The Morgan fingerprint density at radius 3 is 2.53 bits per heavy atom. The van der Waals surface area contributed by atoms with Gasteiger partial charge in [0.15, 0.2) is 0 Å². The van der Waals surface area contributed by atoms with Crippen molar-refractivity contribution < 1.29 is 5.11 Å². The summed E-state index contributed by atoms with van der Waals surface area (Å²) in [4.78, 5) is 0. The summed E-state index contributed by atoms with van der Waals surface area (Å²) in [5.74, 6) is 6.60. The van der Waals surface area contributed by atoms with Gasteiger partial charge in [0.1, 0.15) is 5.60 Å². The predicted molar refractivity (Wildman–Crippen MR) is 64.5 cm³/mol. The minimum Gasteiger partial charge on any atom is -0.378 e. The van der Waals surface area contributed by atoms with E-state index < -0.39 is 5.60 Å². The number of rotatable bonds is 3. The average Bonchev–Trinajstić information content (AvgIpc) is 2.26. The van der Waals surface area contributed by atoms with E-state index in [1.165, 1.54) is 25.7 Å². The zero-order valence-corrected chi connectivity index (χ0v) is 10.2. The van der Waals surface area contributed by atoms with E-state index in [1.807, 2.05) is 6.92 Å². The molecule has 0 aliphatic heterocycles. The maximum atomic E-state index is 10.3. The molecule has 1 N–H and O–H groups in total. The van der Waals surface area contributed by atoms with Gasteiger partial charge in [-0.05, 0) is 32.1 Å². The Morgan fingerprint density at radius 2 is 1.93 bits per heavy atom. The van der Waals surface area contributed by atoms with Crippen LogP contribution in [0.2, 0.25) is 0 Å². The smallest absolute Gasteiger partial charge is 0.125 e. The van der Waals surface area contributed by atoms with Gasteiger partial charge in [-0.1, -0.05) is 38.5 Å². The fourth-order valence-corrected chi connectivity index (χ4v) is 2.27. The van der Waals surface area contributed by atoms with Gasteiger partial charge in [0.05, 0.1) is 0 Å². The molecule has 0 bridgehead atoms. The fourth-order valence-electron chi connectivity index (χ4n) is 2.27. The normalized spacial score (nSPS) is 21.5. The van der Waals surface area contributed by atoms with Crippen molar-refractivity contribution in [1.29, 1.82) is 0 Å². The summed E-state index contributed by atoms with van der Waals surface area (Å²) >= 11 is 0. The molecule has 1 atom stereocenters. The Balaban J connectivity index is 2.43. The van der Waals surface area contributed by atoms with Crippen molar-refractivity contribution in [1.82, 2.24) is 0 Å². The van der Waals surface area contributed by atoms with Crippen molar-refractivity contribution >= 4 is 0 Å². The molecule has 0 saturated heterocycles. The highest BCUT2D eigenvalue weighted by molar-refractivity contribution is 5.14. The molecular weight excluding hydrogens is 184 g/mol. The highest BCUT2D eigenvalue weighted by Gasteiger charge is 2.30. The first-order valence-electron chi connectivity index (χ1n) is 6.39. The lowest BCUT2D eigenvalue weighted by Crippen LogP contribution is -2.34. The van der Waals surface area contributed by atoms with Crippen molar-refractivity contribution in [3.8, 4) is 11.8 Å². The summed E-state index contributed by atoms with van der Waals surface area (Å²) in [6, 6.07) is 0. The van der Waals surface area contributed by atoms with Gasteiger partial charge in [0.2, 0.25) is 0 Å². The zero-order chi connectivity index (χ0) is 11.1. The van der Waals surface area contributed by atoms with Crippen LogP contribution in [0.15, 0.2) is 0 Å². The van der Waals surface area contributed by atoms with Crippen molar-refractivity contribution in [2.75, 3.05) is 0 Å². The van der Waals surface area contributed by atoms with Crippen LogP contribution in [0.5, 0.6) is 0 Å². The lowest BCUT2D eigenvalue weighted by Gasteiger charge is -2.31. The van der Waals surface area contributed by atoms with E-state index in [9.17, 15) is 5.11 Å². The first kappa shape index (κ1) is 12.6. The largest absolute Gasteiger partial charge is 0.378 e. The Morgan fingerprint density at radius 1 is 1.27 bits per heavy atom. The van der Waals surface area contributed by atoms with E-state index in [0.29, 0.717) is 5.92 Å². The molecule has 0 aromatic rings. The number of aliphatic hydroxyl groups is 1. The van der Waals surface area contributed by atoms with Gasteiger partial charge in [-0.15, -0.1) is 5.92 Å². The molecule has 86 valence electrons. The van der Waals surface area contributed by atoms with Crippen LogP contribution in [-0.2, 0) is 0 Å². The maximum Gasteiger partial charge on any atom is 0.125 e. The zero-order valence-electron chi connectivity index (χ0n) is 10.2. The Hall–Kier alpha value is -0.480. The molecule has 1 heteroatoms. The van der Waals surface area contributed by atoms with Gasteiger partial charge in [0.25, 0.3) is 0 Å². The molecule has 0 spiro atoms. The molecule has 1 aliphatic carbocycles. The molecule has 0 aromatic carbocycles. The van der Waals surface area contributed by atoms with E-state index >= 15 is 0 Å². The predicted octanol–water partition coefficient (Wildman–Crippen LogP) is 3.51. The second kappa shape index (κ2) is 6.18. The Bertz CT molecular complexity index is 225. The van der Waals surface area contributed by atoms with Gasteiger partial charge in [0, 0.05) is 6.42 Å². The van der Waals surface area contributed by atoms with E-state index in [4.69, 9.17) is 0 Å². The van der Waals surface area contributed by atoms with Crippen molar-refractivity contribution in [3.05, 3.63) is 0 Å². The summed E-state index contributed by atoms with van der Waals surface area (Å²) < 4.78 is 0. The van der Waals surface area contributed by atoms with Gasteiger partial charge in [-0.25, -0.2) is 0 Å². The van der Waals surface area contributed by atoms with E-state index in [2.05, 4.69) is 18.8 Å². The molecule has 1 fully saturated rings. The average molecular weight is 208 g/mol. The second-order valence-corrected chi connectivity index (χ2v) is 4.89. The molecule has 1 nitrogen and oxygen atoms in total. The SMILES string of the molecule is CCCCC#CC(C)(O)C1CCCCC1. The van der Waals surface area contributed by atoms with E-state index in [0.717, 1.165) is 25.7 Å². The summed E-state index contributed by atoms with van der Waals surface area (Å²) in [5.41, 5.74) is -0.742. The van der Waals surface area contributed by atoms with Gasteiger partial charge in [-0.3, -0.25) is 0 Å². The molecule has 1 rings (SSSR count). The van der Waals surface area contributed by atoms with Crippen molar-refractivity contribution in [2.24, 2.45) is 5.92 Å². The van der Waals surface area contributed by atoms with Crippen LogP contribution in [0.25, 0.3) is 0 Å². The summed E-state index contributed by atoms with van der Waals surface area (Å²) in [6.07, 6.45) is 9.41. The van der Waals surface area contributed by atoms with Crippen LogP contribution in [0.1, 0.15) is 65.2 Å². The minimum atomic E-state index is -0.742.